The fourth-order valence-corrected chi connectivity index (χ4v) is 3.14. The Morgan fingerprint density at radius 3 is 2.58 bits per heavy atom. The van der Waals surface area contributed by atoms with E-state index in [2.05, 4.69) is 5.32 Å². The molecule has 2 aromatic carbocycles. The molecule has 5 nitrogen and oxygen atoms in total. The van der Waals surface area contributed by atoms with Crippen molar-refractivity contribution in [2.45, 2.75) is 26.4 Å². The third-order valence-electron chi connectivity index (χ3n) is 4.33. The molecule has 0 bridgehead atoms. The lowest BCUT2D eigenvalue weighted by Crippen LogP contribution is -2.29. The first-order valence-corrected chi connectivity index (χ1v) is 8.39. The lowest BCUT2D eigenvalue weighted by Gasteiger charge is -2.17. The van der Waals surface area contributed by atoms with Crippen LogP contribution in [0, 0.1) is 13.8 Å². The topological polar surface area (TPSA) is 68.5 Å². The van der Waals surface area contributed by atoms with E-state index in [-0.39, 0.29) is 5.97 Å². The number of rotatable bonds is 5. The van der Waals surface area contributed by atoms with Crippen molar-refractivity contribution >= 4 is 16.9 Å². The number of methoxy groups -OCH3 is 1. The molecule has 1 heterocycles. The number of ether oxygens (including phenoxy) is 1. The van der Waals surface area contributed by atoms with Crippen LogP contribution in [0.25, 0.3) is 11.0 Å². The molecular weight excluding hydrogens is 330 g/mol. The van der Waals surface area contributed by atoms with Gasteiger partial charge < -0.3 is 9.15 Å². The number of benzene rings is 2. The first-order valence-electron chi connectivity index (χ1n) is 8.39. The molecule has 0 radical (unpaired) electrons. The Balaban J connectivity index is 1.97. The van der Waals surface area contributed by atoms with Gasteiger partial charge in [0.2, 0.25) is 0 Å². The van der Waals surface area contributed by atoms with Gasteiger partial charge in [0.25, 0.3) is 0 Å². The number of carbonyl (C=O) groups excluding carboxylic acids is 1. The zero-order chi connectivity index (χ0) is 18.7. The standard InChI is InChI=1S/C21H21NO4/c1-13-9-14(2)20-17(10-13)16(11-18(23)26-20)12-22-19(21(24)25-3)15-7-5-4-6-8-15/h4-11,19,22H,12H2,1-3H3/t19-/m0/s1. The fourth-order valence-electron chi connectivity index (χ4n) is 3.14. The van der Waals surface area contributed by atoms with Gasteiger partial charge in [-0.3, -0.25) is 5.32 Å². The van der Waals surface area contributed by atoms with Crippen LogP contribution in [-0.4, -0.2) is 13.1 Å². The van der Waals surface area contributed by atoms with Crippen LogP contribution in [0.4, 0.5) is 0 Å². The molecule has 3 aromatic rings. The molecule has 1 aromatic heterocycles. The summed E-state index contributed by atoms with van der Waals surface area (Å²) < 4.78 is 10.3. The van der Waals surface area contributed by atoms with Crippen molar-refractivity contribution in [3.63, 3.8) is 0 Å². The molecule has 5 heteroatoms. The van der Waals surface area contributed by atoms with Crippen molar-refractivity contribution < 1.29 is 13.9 Å². The molecule has 1 N–H and O–H groups in total. The zero-order valence-electron chi connectivity index (χ0n) is 15.0. The molecule has 1 atom stereocenters. The number of carbonyl (C=O) groups is 1. The largest absolute Gasteiger partial charge is 0.468 e. The highest BCUT2D eigenvalue weighted by molar-refractivity contribution is 5.84. The molecule has 3 rings (SSSR count). The summed E-state index contributed by atoms with van der Waals surface area (Å²) in [6, 6.07) is 14.2. The minimum absolute atomic E-state index is 0.333. The lowest BCUT2D eigenvalue weighted by molar-refractivity contribution is -0.143. The van der Waals surface area contributed by atoms with Crippen molar-refractivity contribution in [3.8, 4) is 0 Å². The minimum atomic E-state index is -0.616. The molecule has 0 unspecified atom stereocenters. The molecule has 0 fully saturated rings. The summed E-state index contributed by atoms with van der Waals surface area (Å²) in [7, 11) is 1.36. The number of nitrogens with one attached hydrogen (secondary N) is 1. The normalized spacial score (nSPS) is 12.1. The van der Waals surface area contributed by atoms with Gasteiger partial charge in [0.1, 0.15) is 11.6 Å². The highest BCUT2D eigenvalue weighted by Crippen LogP contribution is 2.23. The quantitative estimate of drug-likeness (QED) is 0.563. The second-order valence-electron chi connectivity index (χ2n) is 6.30. The number of fused-ring (bicyclic) bond motifs is 1. The highest BCUT2D eigenvalue weighted by Gasteiger charge is 2.21. The fraction of sp³-hybridized carbons (Fsp3) is 0.238. The molecule has 0 aliphatic heterocycles. The summed E-state index contributed by atoms with van der Waals surface area (Å²) in [6.45, 7) is 4.24. The monoisotopic (exact) mass is 351 g/mol. The molecule has 0 aliphatic carbocycles. The predicted molar refractivity (Wildman–Crippen MR) is 100.0 cm³/mol. The Morgan fingerprint density at radius 1 is 1.15 bits per heavy atom. The molecule has 0 spiro atoms. The number of hydrogen-bond donors (Lipinski definition) is 1. The van der Waals surface area contributed by atoms with Crippen LogP contribution in [0.5, 0.6) is 0 Å². The van der Waals surface area contributed by atoms with Gasteiger partial charge in [0.05, 0.1) is 7.11 Å². The summed E-state index contributed by atoms with van der Waals surface area (Å²) in [6.07, 6.45) is 0. The van der Waals surface area contributed by atoms with Crippen LogP contribution < -0.4 is 10.9 Å². The van der Waals surface area contributed by atoms with Crippen molar-refractivity contribution in [3.05, 3.63) is 81.2 Å². The summed E-state index contributed by atoms with van der Waals surface area (Å²) in [5.74, 6) is -0.379. The third kappa shape index (κ3) is 3.68. The van der Waals surface area contributed by atoms with E-state index in [1.807, 2.05) is 56.3 Å². The van der Waals surface area contributed by atoms with Crippen molar-refractivity contribution in [2.24, 2.45) is 0 Å². The van der Waals surface area contributed by atoms with E-state index in [1.165, 1.54) is 13.2 Å². The second kappa shape index (κ2) is 7.54. The van der Waals surface area contributed by atoms with Gasteiger partial charge in [-0.2, -0.15) is 0 Å². The Labute approximate surface area is 151 Å². The molecule has 0 aliphatic rings. The lowest BCUT2D eigenvalue weighted by atomic mass is 10.0. The van der Waals surface area contributed by atoms with Gasteiger partial charge in [-0.1, -0.05) is 36.4 Å². The van der Waals surface area contributed by atoms with E-state index in [9.17, 15) is 9.59 Å². The van der Waals surface area contributed by atoms with Crippen LogP contribution in [0.15, 0.2) is 57.7 Å². The van der Waals surface area contributed by atoms with Gasteiger partial charge in [-0.15, -0.1) is 0 Å². The average molecular weight is 351 g/mol. The first-order chi connectivity index (χ1) is 12.5. The molecule has 0 saturated heterocycles. The van der Waals surface area contributed by atoms with Gasteiger partial charge >= 0.3 is 11.6 Å². The Hall–Kier alpha value is -2.92. The predicted octanol–water partition coefficient (Wildman–Crippen LogP) is 3.41. The number of esters is 1. The van der Waals surface area contributed by atoms with Crippen LogP contribution >= 0.6 is 0 Å². The summed E-state index contributed by atoms with van der Waals surface area (Å²) >= 11 is 0. The number of aryl methyl sites for hydroxylation is 2. The van der Waals surface area contributed by atoms with Crippen molar-refractivity contribution in [1.82, 2.24) is 5.32 Å². The zero-order valence-corrected chi connectivity index (χ0v) is 15.0. The van der Waals surface area contributed by atoms with Crippen LogP contribution in [-0.2, 0) is 16.1 Å². The molecule has 0 amide bonds. The summed E-state index contributed by atoms with van der Waals surface area (Å²) in [5, 5.41) is 4.07. The molecule has 0 saturated carbocycles. The van der Waals surface area contributed by atoms with Gasteiger partial charge in [0, 0.05) is 18.0 Å². The number of hydrogen-bond acceptors (Lipinski definition) is 5. The highest BCUT2D eigenvalue weighted by atomic mass is 16.5. The smallest absolute Gasteiger partial charge is 0.336 e. The average Bonchev–Trinajstić information content (AvgIpc) is 2.63. The molecule has 134 valence electrons. The van der Waals surface area contributed by atoms with E-state index in [4.69, 9.17) is 9.15 Å². The van der Waals surface area contributed by atoms with E-state index in [1.54, 1.807) is 0 Å². The maximum Gasteiger partial charge on any atom is 0.336 e. The van der Waals surface area contributed by atoms with Crippen molar-refractivity contribution in [1.29, 1.82) is 0 Å². The third-order valence-corrected chi connectivity index (χ3v) is 4.33. The van der Waals surface area contributed by atoms with Crippen LogP contribution in [0.3, 0.4) is 0 Å². The first kappa shape index (κ1) is 17.9. The molecule has 26 heavy (non-hydrogen) atoms. The summed E-state index contributed by atoms with van der Waals surface area (Å²) in [5.41, 5.74) is 3.75. The van der Waals surface area contributed by atoms with E-state index >= 15 is 0 Å². The van der Waals surface area contributed by atoms with Gasteiger partial charge in [-0.25, -0.2) is 9.59 Å². The van der Waals surface area contributed by atoms with Gasteiger partial charge in [0.15, 0.2) is 0 Å². The van der Waals surface area contributed by atoms with E-state index in [0.29, 0.717) is 12.1 Å². The maximum atomic E-state index is 12.2. The second-order valence-corrected chi connectivity index (χ2v) is 6.30. The summed E-state index contributed by atoms with van der Waals surface area (Å²) in [4.78, 5) is 24.2. The minimum Gasteiger partial charge on any atom is -0.468 e. The van der Waals surface area contributed by atoms with Crippen molar-refractivity contribution in [2.75, 3.05) is 7.11 Å². The Morgan fingerprint density at radius 2 is 1.88 bits per heavy atom. The Kier molecular flexibility index (Phi) is 5.19. The van der Waals surface area contributed by atoms with Crippen LogP contribution in [0.2, 0.25) is 0 Å². The molecular formula is C21H21NO4. The maximum absolute atomic E-state index is 12.2. The Bertz CT molecular complexity index is 992. The SMILES string of the molecule is COC(=O)[C@@H](NCc1cc(=O)oc2c(C)cc(C)cc12)c1ccccc1. The van der Waals surface area contributed by atoms with Crippen LogP contribution in [0.1, 0.15) is 28.3 Å². The van der Waals surface area contributed by atoms with E-state index < -0.39 is 11.7 Å². The van der Waals surface area contributed by atoms with Gasteiger partial charge in [-0.05, 0) is 42.2 Å². The van der Waals surface area contributed by atoms with E-state index in [0.717, 1.165) is 27.6 Å².